The van der Waals surface area contributed by atoms with Crippen molar-refractivity contribution in [3.05, 3.63) is 59.3 Å². The first kappa shape index (κ1) is 17.1. The van der Waals surface area contributed by atoms with E-state index in [1.807, 2.05) is 25.1 Å². The molecule has 0 fully saturated rings. The standard InChI is InChI=1S/C20H20N2O2S/c1-5-15-12-21-20-18(11-6-14(4)19(15)20)22-25(23,24)17-9-7-16(8-10-17)13(2)3/h1,6-13,21-22H,2-4H3. The van der Waals surface area contributed by atoms with Crippen molar-refractivity contribution in [3.63, 3.8) is 0 Å². The van der Waals surface area contributed by atoms with Crippen molar-refractivity contribution in [1.82, 2.24) is 4.98 Å². The summed E-state index contributed by atoms with van der Waals surface area (Å²) in [7, 11) is -3.68. The number of aromatic amines is 1. The van der Waals surface area contributed by atoms with Crippen LogP contribution in [0.2, 0.25) is 0 Å². The predicted molar refractivity (Wildman–Crippen MR) is 102 cm³/mol. The van der Waals surface area contributed by atoms with Gasteiger partial charge in [-0.3, -0.25) is 4.72 Å². The quantitative estimate of drug-likeness (QED) is 0.685. The lowest BCUT2D eigenvalue weighted by atomic mass is 10.0. The van der Waals surface area contributed by atoms with Gasteiger partial charge in [0.25, 0.3) is 10.0 Å². The van der Waals surface area contributed by atoms with Crippen LogP contribution in [0.4, 0.5) is 5.69 Å². The molecule has 2 aromatic carbocycles. The monoisotopic (exact) mass is 352 g/mol. The van der Waals surface area contributed by atoms with E-state index in [4.69, 9.17) is 6.42 Å². The molecular formula is C20H20N2O2S. The van der Waals surface area contributed by atoms with Gasteiger partial charge in [-0.1, -0.05) is 38.0 Å². The molecule has 1 heterocycles. The van der Waals surface area contributed by atoms with Gasteiger partial charge < -0.3 is 4.98 Å². The van der Waals surface area contributed by atoms with Crippen molar-refractivity contribution in [2.75, 3.05) is 4.72 Å². The van der Waals surface area contributed by atoms with E-state index >= 15 is 0 Å². The lowest BCUT2D eigenvalue weighted by Crippen LogP contribution is -2.13. The van der Waals surface area contributed by atoms with Crippen LogP contribution in [0.5, 0.6) is 0 Å². The Hall–Kier alpha value is -2.71. The molecule has 2 N–H and O–H groups in total. The molecular weight excluding hydrogens is 332 g/mol. The summed E-state index contributed by atoms with van der Waals surface area (Å²) in [4.78, 5) is 3.31. The van der Waals surface area contributed by atoms with Crippen LogP contribution < -0.4 is 4.72 Å². The van der Waals surface area contributed by atoms with Crippen LogP contribution in [0.3, 0.4) is 0 Å². The number of sulfonamides is 1. The number of hydrogen-bond donors (Lipinski definition) is 2. The van der Waals surface area contributed by atoms with Crippen molar-refractivity contribution in [2.45, 2.75) is 31.6 Å². The van der Waals surface area contributed by atoms with E-state index in [9.17, 15) is 8.42 Å². The number of hydrogen-bond acceptors (Lipinski definition) is 2. The number of fused-ring (bicyclic) bond motifs is 1. The Balaban J connectivity index is 2.02. The maximum atomic E-state index is 12.7. The Morgan fingerprint density at radius 3 is 2.40 bits per heavy atom. The molecule has 0 spiro atoms. The second-order valence-corrected chi connectivity index (χ2v) is 8.04. The Morgan fingerprint density at radius 2 is 1.80 bits per heavy atom. The van der Waals surface area contributed by atoms with Crippen LogP contribution in [-0.2, 0) is 10.0 Å². The molecule has 0 unspecified atom stereocenters. The summed E-state index contributed by atoms with van der Waals surface area (Å²) in [5.74, 6) is 2.97. The molecule has 0 radical (unpaired) electrons. The molecule has 0 saturated carbocycles. The fourth-order valence-corrected chi connectivity index (χ4v) is 3.93. The van der Waals surface area contributed by atoms with Gasteiger partial charge in [-0.25, -0.2) is 8.42 Å². The second kappa shape index (κ2) is 6.30. The van der Waals surface area contributed by atoms with Gasteiger partial charge in [0.1, 0.15) is 0 Å². The summed E-state index contributed by atoms with van der Waals surface area (Å²) in [5, 5.41) is 0.859. The first-order chi connectivity index (χ1) is 11.8. The van der Waals surface area contributed by atoms with E-state index in [2.05, 4.69) is 29.5 Å². The highest BCUT2D eigenvalue weighted by Gasteiger charge is 2.17. The summed E-state index contributed by atoms with van der Waals surface area (Å²) in [5.41, 5.74) is 3.98. The normalized spacial score (nSPS) is 11.6. The average molecular weight is 352 g/mol. The number of nitrogens with one attached hydrogen (secondary N) is 2. The number of aromatic nitrogens is 1. The van der Waals surface area contributed by atoms with Gasteiger partial charge in [0.2, 0.25) is 0 Å². The zero-order chi connectivity index (χ0) is 18.2. The highest BCUT2D eigenvalue weighted by molar-refractivity contribution is 7.92. The maximum Gasteiger partial charge on any atom is 0.261 e. The van der Waals surface area contributed by atoms with E-state index in [-0.39, 0.29) is 4.90 Å². The van der Waals surface area contributed by atoms with Crippen molar-refractivity contribution >= 4 is 26.6 Å². The van der Waals surface area contributed by atoms with Gasteiger partial charge in [0.15, 0.2) is 0 Å². The van der Waals surface area contributed by atoms with Gasteiger partial charge in [0.05, 0.1) is 16.1 Å². The smallest absolute Gasteiger partial charge is 0.261 e. The fraction of sp³-hybridized carbons (Fsp3) is 0.200. The van der Waals surface area contributed by atoms with Gasteiger partial charge in [-0.2, -0.15) is 0 Å². The van der Waals surface area contributed by atoms with Crippen LogP contribution in [0, 0.1) is 19.3 Å². The number of rotatable bonds is 4. The molecule has 3 aromatic rings. The van der Waals surface area contributed by atoms with Crippen LogP contribution in [0.1, 0.15) is 36.5 Å². The molecule has 4 nitrogen and oxygen atoms in total. The molecule has 128 valence electrons. The molecule has 0 bridgehead atoms. The topological polar surface area (TPSA) is 62.0 Å². The molecule has 0 aliphatic carbocycles. The van der Waals surface area contributed by atoms with Crippen LogP contribution >= 0.6 is 0 Å². The molecule has 25 heavy (non-hydrogen) atoms. The fourth-order valence-electron chi connectivity index (χ4n) is 2.85. The van der Waals surface area contributed by atoms with Gasteiger partial charge in [-0.15, -0.1) is 6.42 Å². The Kier molecular flexibility index (Phi) is 4.32. The van der Waals surface area contributed by atoms with Gasteiger partial charge in [-0.05, 0) is 42.2 Å². The molecule has 0 atom stereocenters. The molecule has 0 amide bonds. The van der Waals surface area contributed by atoms with Crippen LogP contribution in [0.15, 0.2) is 47.5 Å². The molecule has 3 rings (SSSR count). The van der Waals surface area contributed by atoms with E-state index in [1.54, 1.807) is 24.4 Å². The summed E-state index contributed by atoms with van der Waals surface area (Å²) < 4.78 is 28.1. The van der Waals surface area contributed by atoms with Crippen molar-refractivity contribution in [1.29, 1.82) is 0 Å². The first-order valence-electron chi connectivity index (χ1n) is 8.03. The maximum absolute atomic E-state index is 12.7. The van der Waals surface area contributed by atoms with Crippen molar-refractivity contribution in [2.24, 2.45) is 0 Å². The lowest BCUT2D eigenvalue weighted by Gasteiger charge is -2.11. The largest absolute Gasteiger partial charge is 0.358 e. The molecule has 0 saturated heterocycles. The van der Waals surface area contributed by atoms with E-state index in [0.29, 0.717) is 17.1 Å². The van der Waals surface area contributed by atoms with E-state index in [0.717, 1.165) is 22.1 Å². The number of aryl methyl sites for hydroxylation is 1. The lowest BCUT2D eigenvalue weighted by molar-refractivity contribution is 0.601. The highest BCUT2D eigenvalue weighted by atomic mass is 32.2. The van der Waals surface area contributed by atoms with E-state index in [1.165, 1.54) is 0 Å². The SMILES string of the molecule is C#Cc1c[nH]c2c(NS(=O)(=O)c3ccc(C(C)C)cc3)ccc(C)c12. The van der Waals surface area contributed by atoms with Crippen LogP contribution in [-0.4, -0.2) is 13.4 Å². The molecule has 5 heteroatoms. The van der Waals surface area contributed by atoms with Gasteiger partial charge >= 0.3 is 0 Å². The average Bonchev–Trinajstić information content (AvgIpc) is 3.02. The summed E-state index contributed by atoms with van der Waals surface area (Å²) in [6, 6.07) is 10.5. The predicted octanol–water partition coefficient (Wildman–Crippen LogP) is 4.38. The Morgan fingerprint density at radius 1 is 1.12 bits per heavy atom. The Bertz CT molecular complexity index is 1070. The third kappa shape index (κ3) is 3.13. The molecule has 1 aromatic heterocycles. The summed E-state index contributed by atoms with van der Waals surface area (Å²) >= 11 is 0. The highest BCUT2D eigenvalue weighted by Crippen LogP contribution is 2.30. The number of terminal acetylenes is 1. The number of benzene rings is 2. The zero-order valence-corrected chi connectivity index (χ0v) is 15.2. The Labute approximate surface area is 148 Å². The molecule has 0 aliphatic heterocycles. The van der Waals surface area contributed by atoms with Crippen molar-refractivity contribution < 1.29 is 8.42 Å². The number of H-pyrrole nitrogens is 1. The summed E-state index contributed by atoms with van der Waals surface area (Å²) in [6.07, 6.45) is 7.24. The zero-order valence-electron chi connectivity index (χ0n) is 14.4. The first-order valence-corrected chi connectivity index (χ1v) is 9.52. The minimum absolute atomic E-state index is 0.231. The summed E-state index contributed by atoms with van der Waals surface area (Å²) in [6.45, 7) is 6.08. The van der Waals surface area contributed by atoms with Crippen LogP contribution in [0.25, 0.3) is 10.9 Å². The van der Waals surface area contributed by atoms with E-state index < -0.39 is 10.0 Å². The van der Waals surface area contributed by atoms with Gasteiger partial charge in [0, 0.05) is 17.1 Å². The van der Waals surface area contributed by atoms with Crippen molar-refractivity contribution in [3.8, 4) is 12.3 Å². The minimum Gasteiger partial charge on any atom is -0.358 e. The number of anilines is 1. The second-order valence-electron chi connectivity index (χ2n) is 6.36. The minimum atomic E-state index is -3.68. The third-order valence-electron chi connectivity index (χ3n) is 4.30. The molecule has 0 aliphatic rings. The third-order valence-corrected chi connectivity index (χ3v) is 5.68.